The summed E-state index contributed by atoms with van der Waals surface area (Å²) in [5.41, 5.74) is 4.02. The van der Waals surface area contributed by atoms with Gasteiger partial charge in [0.2, 0.25) is 0 Å². The van der Waals surface area contributed by atoms with E-state index in [9.17, 15) is 0 Å². The summed E-state index contributed by atoms with van der Waals surface area (Å²) in [5.74, 6) is 2.35. The number of aromatic nitrogens is 2. The monoisotopic (exact) mass is 342 g/mol. The Balaban J connectivity index is 1.37. The molecule has 0 spiro atoms. The molecule has 0 radical (unpaired) electrons. The first-order valence-electron chi connectivity index (χ1n) is 9.81. The number of hydrogen-bond donors (Lipinski definition) is 1. The molecule has 0 amide bonds. The Morgan fingerprint density at radius 1 is 1.24 bits per heavy atom. The van der Waals surface area contributed by atoms with Gasteiger partial charge in [-0.2, -0.15) is 5.10 Å². The SMILES string of the molecule is CC(C)n1nc(C2=CC(C)(C)CN2)cc1C1[C@H]2CN(C3COC3)C[C@@H]12. The molecular formula is C20H30N4O. The van der Waals surface area contributed by atoms with Gasteiger partial charge in [0.15, 0.2) is 0 Å². The van der Waals surface area contributed by atoms with Crippen molar-refractivity contribution in [2.24, 2.45) is 17.3 Å². The van der Waals surface area contributed by atoms with Crippen molar-refractivity contribution >= 4 is 5.70 Å². The lowest BCUT2D eigenvalue weighted by atomic mass is 9.95. The molecule has 0 bridgehead atoms. The minimum atomic E-state index is 0.221. The third-order valence-corrected chi connectivity index (χ3v) is 6.50. The number of nitrogens with zero attached hydrogens (tertiary/aromatic N) is 3. The Bertz CT molecular complexity index is 703. The second kappa shape index (κ2) is 5.34. The second-order valence-electron chi connectivity index (χ2n) is 9.39. The average Bonchev–Trinajstić information content (AvgIpc) is 2.91. The highest BCUT2D eigenvalue weighted by Gasteiger charge is 2.58. The van der Waals surface area contributed by atoms with Crippen LogP contribution in [0, 0.1) is 17.3 Å². The Morgan fingerprint density at radius 3 is 2.48 bits per heavy atom. The van der Waals surface area contributed by atoms with E-state index in [2.05, 4.69) is 54.7 Å². The first-order valence-corrected chi connectivity index (χ1v) is 9.81. The maximum absolute atomic E-state index is 5.37. The largest absolute Gasteiger partial charge is 0.383 e. The fraction of sp³-hybridized carbons (Fsp3) is 0.750. The van der Waals surface area contributed by atoms with Crippen molar-refractivity contribution in [2.45, 2.75) is 45.7 Å². The number of hydrogen-bond acceptors (Lipinski definition) is 4. The highest BCUT2D eigenvalue weighted by atomic mass is 16.5. The summed E-state index contributed by atoms with van der Waals surface area (Å²) in [4.78, 5) is 2.65. The van der Waals surface area contributed by atoms with Crippen molar-refractivity contribution in [1.29, 1.82) is 0 Å². The van der Waals surface area contributed by atoms with E-state index in [-0.39, 0.29) is 5.41 Å². The summed E-state index contributed by atoms with van der Waals surface area (Å²) >= 11 is 0. The molecule has 4 aliphatic rings. The van der Waals surface area contributed by atoms with Crippen molar-refractivity contribution in [2.75, 3.05) is 32.8 Å². The van der Waals surface area contributed by atoms with Gasteiger partial charge < -0.3 is 10.1 Å². The van der Waals surface area contributed by atoms with Crippen molar-refractivity contribution in [3.8, 4) is 0 Å². The topological polar surface area (TPSA) is 42.3 Å². The van der Waals surface area contributed by atoms with Crippen LogP contribution in [0.25, 0.3) is 5.70 Å². The van der Waals surface area contributed by atoms with Gasteiger partial charge in [0.1, 0.15) is 5.69 Å². The molecule has 2 saturated heterocycles. The summed E-state index contributed by atoms with van der Waals surface area (Å²) in [7, 11) is 0. The number of fused-ring (bicyclic) bond motifs is 1. The summed E-state index contributed by atoms with van der Waals surface area (Å²) in [6, 6.07) is 3.46. The normalized spacial score (nSPS) is 34.0. The number of likely N-dealkylation sites (tertiary alicyclic amines) is 1. The zero-order valence-corrected chi connectivity index (χ0v) is 15.8. The van der Waals surface area contributed by atoms with Crippen LogP contribution in [0.1, 0.15) is 51.0 Å². The van der Waals surface area contributed by atoms with Crippen LogP contribution in [-0.4, -0.2) is 53.6 Å². The molecule has 1 N–H and O–H groups in total. The molecule has 136 valence electrons. The van der Waals surface area contributed by atoms with Gasteiger partial charge in [0, 0.05) is 42.7 Å². The van der Waals surface area contributed by atoms with Crippen LogP contribution >= 0.6 is 0 Å². The molecule has 1 aliphatic carbocycles. The fourth-order valence-corrected chi connectivity index (χ4v) is 4.91. The van der Waals surface area contributed by atoms with Crippen LogP contribution in [0.2, 0.25) is 0 Å². The van der Waals surface area contributed by atoms with Gasteiger partial charge in [-0.25, -0.2) is 0 Å². The van der Waals surface area contributed by atoms with Crippen LogP contribution in [0.3, 0.4) is 0 Å². The van der Waals surface area contributed by atoms with Gasteiger partial charge >= 0.3 is 0 Å². The standard InChI is InChI=1S/C20H30N4O/c1-12(2)24-18(5-16(22-24)17-6-20(3,4)11-21-17)19-14-7-23(8-15(14)19)13-9-25-10-13/h5-6,12-15,19,21H,7-11H2,1-4H3/t14-,15+,19?. The van der Waals surface area contributed by atoms with Crippen molar-refractivity contribution in [3.05, 3.63) is 23.5 Å². The van der Waals surface area contributed by atoms with E-state index in [1.54, 1.807) is 0 Å². The number of ether oxygens (including phenoxy) is 1. The highest BCUT2D eigenvalue weighted by Crippen LogP contribution is 2.59. The zero-order valence-electron chi connectivity index (χ0n) is 15.8. The van der Waals surface area contributed by atoms with Crippen LogP contribution in [0.15, 0.2) is 12.1 Å². The third-order valence-electron chi connectivity index (χ3n) is 6.50. The predicted octanol–water partition coefficient (Wildman–Crippen LogP) is 2.48. The van der Waals surface area contributed by atoms with Crippen molar-refractivity contribution in [3.63, 3.8) is 0 Å². The van der Waals surface area contributed by atoms with Gasteiger partial charge in [0.05, 0.1) is 25.0 Å². The van der Waals surface area contributed by atoms with Gasteiger partial charge in [-0.15, -0.1) is 0 Å². The van der Waals surface area contributed by atoms with Crippen molar-refractivity contribution < 1.29 is 4.74 Å². The molecule has 3 fully saturated rings. The minimum absolute atomic E-state index is 0.221. The molecule has 5 nitrogen and oxygen atoms in total. The molecule has 3 atom stereocenters. The Hall–Kier alpha value is -1.33. The first kappa shape index (κ1) is 15.9. The molecule has 1 aromatic rings. The molecule has 1 aromatic heterocycles. The highest BCUT2D eigenvalue weighted by molar-refractivity contribution is 5.64. The van der Waals surface area contributed by atoms with E-state index < -0.39 is 0 Å². The summed E-state index contributed by atoms with van der Waals surface area (Å²) in [6.07, 6.45) is 2.34. The lowest BCUT2D eigenvalue weighted by molar-refractivity contribution is -0.0610. The van der Waals surface area contributed by atoms with E-state index in [4.69, 9.17) is 9.84 Å². The zero-order chi connectivity index (χ0) is 17.3. The maximum atomic E-state index is 5.37. The average molecular weight is 342 g/mol. The van der Waals surface area contributed by atoms with E-state index in [0.717, 1.165) is 37.3 Å². The van der Waals surface area contributed by atoms with Gasteiger partial charge in [-0.3, -0.25) is 9.58 Å². The van der Waals surface area contributed by atoms with Crippen LogP contribution < -0.4 is 5.32 Å². The van der Waals surface area contributed by atoms with E-state index in [0.29, 0.717) is 18.0 Å². The molecule has 1 unspecified atom stereocenters. The molecule has 0 aromatic carbocycles. The van der Waals surface area contributed by atoms with Gasteiger partial charge in [-0.05, 0) is 31.7 Å². The summed E-state index contributed by atoms with van der Waals surface area (Å²) in [6.45, 7) is 14.4. The van der Waals surface area contributed by atoms with Crippen LogP contribution in [-0.2, 0) is 4.74 Å². The number of rotatable bonds is 4. The minimum Gasteiger partial charge on any atom is -0.383 e. The number of piperidine rings is 1. The van der Waals surface area contributed by atoms with Gasteiger partial charge in [0.25, 0.3) is 0 Å². The van der Waals surface area contributed by atoms with E-state index in [1.807, 2.05) is 0 Å². The quantitative estimate of drug-likeness (QED) is 0.913. The lowest BCUT2D eigenvalue weighted by Gasteiger charge is -2.35. The lowest BCUT2D eigenvalue weighted by Crippen LogP contribution is -2.48. The maximum Gasteiger partial charge on any atom is 0.108 e. The molecule has 5 heteroatoms. The molecule has 5 rings (SSSR count). The third kappa shape index (κ3) is 2.55. The first-order chi connectivity index (χ1) is 11.9. The molecule has 1 saturated carbocycles. The smallest absolute Gasteiger partial charge is 0.108 e. The van der Waals surface area contributed by atoms with Crippen LogP contribution in [0.5, 0.6) is 0 Å². The van der Waals surface area contributed by atoms with E-state index in [1.165, 1.54) is 24.5 Å². The summed E-state index contributed by atoms with van der Waals surface area (Å²) in [5, 5.41) is 8.53. The van der Waals surface area contributed by atoms with Crippen LogP contribution in [0.4, 0.5) is 0 Å². The summed E-state index contributed by atoms with van der Waals surface area (Å²) < 4.78 is 7.65. The fourth-order valence-electron chi connectivity index (χ4n) is 4.91. The van der Waals surface area contributed by atoms with Gasteiger partial charge in [-0.1, -0.05) is 19.9 Å². The van der Waals surface area contributed by atoms with Crippen molar-refractivity contribution in [1.82, 2.24) is 20.0 Å². The Morgan fingerprint density at radius 2 is 1.96 bits per heavy atom. The predicted molar refractivity (Wildman–Crippen MR) is 98.3 cm³/mol. The number of nitrogens with one attached hydrogen (secondary N) is 1. The second-order valence-corrected chi connectivity index (χ2v) is 9.39. The molecule has 4 heterocycles. The van der Waals surface area contributed by atoms with E-state index >= 15 is 0 Å². The molecular weight excluding hydrogens is 312 g/mol. The molecule has 25 heavy (non-hydrogen) atoms. The Kier molecular flexibility index (Phi) is 3.39. The molecule has 3 aliphatic heterocycles. The Labute approximate surface area is 150 Å².